The summed E-state index contributed by atoms with van der Waals surface area (Å²) in [5.74, 6) is 2.08. The fraction of sp³-hybridized carbons (Fsp3) is 0.615. The molecule has 1 aromatic heterocycles. The Hall–Kier alpha value is -1.30. The average molecular weight is 280 g/mol. The Morgan fingerprint density at radius 2 is 2.26 bits per heavy atom. The monoisotopic (exact) mass is 280 g/mol. The van der Waals surface area contributed by atoms with Crippen molar-refractivity contribution in [2.45, 2.75) is 12.8 Å². The molecule has 0 spiro atoms. The Bertz CT molecular complexity index is 401. The number of aromatic nitrogens is 2. The maximum absolute atomic E-state index is 12.0. The van der Waals surface area contributed by atoms with Crippen molar-refractivity contribution in [1.29, 1.82) is 0 Å². The lowest BCUT2D eigenvalue weighted by atomic mass is 10.3. The quantitative estimate of drug-likeness (QED) is 0.831. The van der Waals surface area contributed by atoms with Crippen LogP contribution in [0.4, 0.5) is 5.82 Å². The maximum atomic E-state index is 12.0. The molecule has 0 unspecified atom stereocenters. The van der Waals surface area contributed by atoms with Crippen LogP contribution in [0.25, 0.3) is 0 Å². The van der Waals surface area contributed by atoms with Gasteiger partial charge in [0.1, 0.15) is 0 Å². The van der Waals surface area contributed by atoms with Crippen LogP contribution in [-0.4, -0.2) is 59.2 Å². The molecule has 0 aliphatic carbocycles. The molecule has 0 N–H and O–H groups in total. The average Bonchev–Trinajstić information content (AvgIpc) is 2.71. The van der Waals surface area contributed by atoms with Crippen molar-refractivity contribution < 1.29 is 4.79 Å². The molecule has 104 valence electrons. The van der Waals surface area contributed by atoms with Crippen molar-refractivity contribution in [3.05, 3.63) is 18.3 Å². The van der Waals surface area contributed by atoms with E-state index in [9.17, 15) is 4.79 Å². The molecule has 1 aromatic rings. The summed E-state index contributed by atoms with van der Waals surface area (Å²) in [6.07, 6.45) is 5.35. The zero-order valence-corrected chi connectivity index (χ0v) is 12.1. The number of nitrogens with zero attached hydrogens (tertiary/aromatic N) is 4. The molecule has 2 heterocycles. The molecule has 0 bridgehead atoms. The standard InChI is InChI=1S/C13H20N4OS/c1-19-11-5-13(18)17-8-3-7-16(9-10-17)12-4-2-6-14-15-12/h2,4,6H,3,5,7-11H2,1H3. The van der Waals surface area contributed by atoms with Gasteiger partial charge in [-0.25, -0.2) is 0 Å². The second kappa shape index (κ2) is 7.33. The topological polar surface area (TPSA) is 49.3 Å². The molecule has 1 aliphatic rings. The largest absolute Gasteiger partial charge is 0.353 e. The van der Waals surface area contributed by atoms with Crippen LogP contribution in [0.5, 0.6) is 0 Å². The number of amides is 1. The minimum atomic E-state index is 0.273. The third-order valence-corrected chi connectivity index (χ3v) is 3.86. The van der Waals surface area contributed by atoms with E-state index in [0.29, 0.717) is 6.42 Å². The molecule has 0 aromatic carbocycles. The highest BCUT2D eigenvalue weighted by atomic mass is 32.2. The van der Waals surface area contributed by atoms with E-state index in [4.69, 9.17) is 0 Å². The van der Waals surface area contributed by atoms with E-state index >= 15 is 0 Å². The van der Waals surface area contributed by atoms with Gasteiger partial charge in [0, 0.05) is 44.5 Å². The third-order valence-electron chi connectivity index (χ3n) is 3.25. The van der Waals surface area contributed by atoms with E-state index in [1.54, 1.807) is 18.0 Å². The molecular formula is C13H20N4OS. The highest BCUT2D eigenvalue weighted by Crippen LogP contribution is 2.13. The fourth-order valence-electron chi connectivity index (χ4n) is 2.21. The first-order chi connectivity index (χ1) is 9.31. The number of thioether (sulfide) groups is 1. The van der Waals surface area contributed by atoms with Crippen molar-refractivity contribution in [1.82, 2.24) is 15.1 Å². The summed E-state index contributed by atoms with van der Waals surface area (Å²) < 4.78 is 0. The van der Waals surface area contributed by atoms with Crippen LogP contribution in [0.1, 0.15) is 12.8 Å². The lowest BCUT2D eigenvalue weighted by molar-refractivity contribution is -0.130. The minimum absolute atomic E-state index is 0.273. The molecular weight excluding hydrogens is 260 g/mol. The number of hydrogen-bond donors (Lipinski definition) is 0. The summed E-state index contributed by atoms with van der Waals surface area (Å²) in [6, 6.07) is 3.87. The number of carbonyl (C=O) groups is 1. The van der Waals surface area contributed by atoms with Crippen molar-refractivity contribution in [2.75, 3.05) is 43.1 Å². The molecule has 2 rings (SSSR count). The normalized spacial score (nSPS) is 16.3. The summed E-state index contributed by atoms with van der Waals surface area (Å²) in [7, 11) is 0. The Kier molecular flexibility index (Phi) is 5.44. The lowest BCUT2D eigenvalue weighted by Crippen LogP contribution is -2.35. The molecule has 6 heteroatoms. The first-order valence-electron chi connectivity index (χ1n) is 6.60. The summed E-state index contributed by atoms with van der Waals surface area (Å²) in [5.41, 5.74) is 0. The van der Waals surface area contributed by atoms with Crippen molar-refractivity contribution >= 4 is 23.5 Å². The van der Waals surface area contributed by atoms with Gasteiger partial charge in [0.25, 0.3) is 0 Å². The summed E-state index contributed by atoms with van der Waals surface area (Å²) in [4.78, 5) is 16.2. The van der Waals surface area contributed by atoms with Gasteiger partial charge in [-0.05, 0) is 24.8 Å². The summed E-state index contributed by atoms with van der Waals surface area (Å²) in [6.45, 7) is 3.41. The summed E-state index contributed by atoms with van der Waals surface area (Å²) >= 11 is 1.72. The smallest absolute Gasteiger partial charge is 0.223 e. The van der Waals surface area contributed by atoms with E-state index in [1.165, 1.54) is 0 Å². The number of rotatable bonds is 4. The van der Waals surface area contributed by atoms with E-state index < -0.39 is 0 Å². The van der Waals surface area contributed by atoms with E-state index in [0.717, 1.165) is 44.2 Å². The molecule has 0 saturated carbocycles. The molecule has 1 saturated heterocycles. The van der Waals surface area contributed by atoms with Crippen LogP contribution in [0, 0.1) is 0 Å². The van der Waals surface area contributed by atoms with Crippen LogP contribution in [-0.2, 0) is 4.79 Å². The molecule has 1 fully saturated rings. The van der Waals surface area contributed by atoms with Gasteiger partial charge in [-0.1, -0.05) is 0 Å². The fourth-order valence-corrected chi connectivity index (χ4v) is 2.58. The van der Waals surface area contributed by atoms with E-state index in [-0.39, 0.29) is 5.91 Å². The Labute approximate surface area is 118 Å². The van der Waals surface area contributed by atoms with Crippen molar-refractivity contribution in [3.63, 3.8) is 0 Å². The molecule has 19 heavy (non-hydrogen) atoms. The van der Waals surface area contributed by atoms with Crippen LogP contribution < -0.4 is 4.90 Å². The lowest BCUT2D eigenvalue weighted by Gasteiger charge is -2.22. The highest BCUT2D eigenvalue weighted by Gasteiger charge is 2.19. The Morgan fingerprint density at radius 1 is 1.37 bits per heavy atom. The molecule has 5 nitrogen and oxygen atoms in total. The predicted molar refractivity (Wildman–Crippen MR) is 78.4 cm³/mol. The number of hydrogen-bond acceptors (Lipinski definition) is 5. The van der Waals surface area contributed by atoms with Crippen LogP contribution in [0.15, 0.2) is 18.3 Å². The highest BCUT2D eigenvalue weighted by molar-refractivity contribution is 7.98. The van der Waals surface area contributed by atoms with Crippen LogP contribution in [0.2, 0.25) is 0 Å². The van der Waals surface area contributed by atoms with Gasteiger partial charge in [-0.2, -0.15) is 16.9 Å². The minimum Gasteiger partial charge on any atom is -0.353 e. The zero-order valence-electron chi connectivity index (χ0n) is 11.3. The molecule has 1 amide bonds. The Balaban J connectivity index is 1.89. The first kappa shape index (κ1) is 14.1. The number of anilines is 1. The van der Waals surface area contributed by atoms with E-state index in [1.807, 2.05) is 23.3 Å². The predicted octanol–water partition coefficient (Wildman–Crippen LogP) is 1.27. The van der Waals surface area contributed by atoms with Crippen LogP contribution >= 0.6 is 11.8 Å². The third kappa shape index (κ3) is 4.09. The van der Waals surface area contributed by atoms with Gasteiger partial charge in [0.15, 0.2) is 5.82 Å². The van der Waals surface area contributed by atoms with Gasteiger partial charge >= 0.3 is 0 Å². The van der Waals surface area contributed by atoms with Gasteiger partial charge in [0.2, 0.25) is 5.91 Å². The Morgan fingerprint density at radius 3 is 3.00 bits per heavy atom. The molecule has 0 radical (unpaired) electrons. The second-order valence-corrected chi connectivity index (χ2v) is 5.53. The van der Waals surface area contributed by atoms with Crippen molar-refractivity contribution in [2.24, 2.45) is 0 Å². The van der Waals surface area contributed by atoms with E-state index in [2.05, 4.69) is 15.1 Å². The second-order valence-electron chi connectivity index (χ2n) is 4.55. The first-order valence-corrected chi connectivity index (χ1v) is 8.00. The van der Waals surface area contributed by atoms with Gasteiger partial charge < -0.3 is 9.80 Å². The zero-order chi connectivity index (χ0) is 13.5. The van der Waals surface area contributed by atoms with Crippen molar-refractivity contribution in [3.8, 4) is 0 Å². The molecule has 1 aliphatic heterocycles. The van der Waals surface area contributed by atoms with Gasteiger partial charge in [-0.15, -0.1) is 5.10 Å². The maximum Gasteiger partial charge on any atom is 0.223 e. The van der Waals surface area contributed by atoms with Gasteiger partial charge in [0.05, 0.1) is 0 Å². The summed E-state index contributed by atoms with van der Waals surface area (Å²) in [5, 5.41) is 8.04. The van der Waals surface area contributed by atoms with Crippen LogP contribution in [0.3, 0.4) is 0 Å². The SMILES string of the molecule is CSCCC(=O)N1CCCN(c2cccnn2)CC1. The van der Waals surface area contributed by atoms with Gasteiger partial charge in [-0.3, -0.25) is 4.79 Å². The molecule has 0 atom stereocenters. The number of carbonyl (C=O) groups excluding carboxylic acids is 1.